The lowest BCUT2D eigenvalue weighted by molar-refractivity contribution is 0.0955. The number of benzene rings is 2. The summed E-state index contributed by atoms with van der Waals surface area (Å²) >= 11 is 0. The zero-order valence-corrected chi connectivity index (χ0v) is 9.68. The Hall–Kier alpha value is -2.16. The topological polar surface area (TPSA) is 41.5 Å². The van der Waals surface area contributed by atoms with E-state index >= 15 is 0 Å². The van der Waals surface area contributed by atoms with Crippen LogP contribution in [0.4, 0.5) is 0 Å². The van der Waals surface area contributed by atoms with Gasteiger partial charge < -0.3 is 0 Å². The van der Waals surface area contributed by atoms with Gasteiger partial charge in [-0.15, -0.1) is 0 Å². The number of hydrogen-bond donors (Lipinski definition) is 1. The molecule has 1 N–H and O–H groups in total. The summed E-state index contributed by atoms with van der Waals surface area (Å²) in [5.74, 6) is -0.180. The minimum Gasteiger partial charge on any atom is -0.267 e. The number of rotatable bonds is 3. The zero-order chi connectivity index (χ0) is 12.1. The van der Waals surface area contributed by atoms with Crippen molar-refractivity contribution >= 4 is 22.9 Å². The number of hydrogen-bond acceptors (Lipinski definition) is 2. The van der Waals surface area contributed by atoms with Gasteiger partial charge in [-0.1, -0.05) is 37.3 Å². The highest BCUT2D eigenvalue weighted by Crippen LogP contribution is 2.15. The van der Waals surface area contributed by atoms with Crippen molar-refractivity contribution in [1.82, 2.24) is 5.43 Å². The lowest BCUT2D eigenvalue weighted by atomic mass is 10.1. The first-order chi connectivity index (χ1) is 8.31. The van der Waals surface area contributed by atoms with Gasteiger partial charge in [-0.3, -0.25) is 4.79 Å². The summed E-state index contributed by atoms with van der Waals surface area (Å²) in [7, 11) is 0. The molecule has 1 amide bonds. The Kier molecular flexibility index (Phi) is 3.50. The molecule has 2 aromatic rings. The van der Waals surface area contributed by atoms with Crippen molar-refractivity contribution in [3.63, 3.8) is 0 Å². The molecule has 0 saturated heterocycles. The molecular formula is C14H14N2O. The van der Waals surface area contributed by atoms with Gasteiger partial charge in [-0.2, -0.15) is 5.10 Å². The van der Waals surface area contributed by atoms with Crippen molar-refractivity contribution < 1.29 is 4.79 Å². The normalized spacial score (nSPS) is 10.9. The van der Waals surface area contributed by atoms with Crippen molar-refractivity contribution in [3.8, 4) is 0 Å². The van der Waals surface area contributed by atoms with E-state index in [-0.39, 0.29) is 5.91 Å². The molecule has 0 aliphatic rings. The lowest BCUT2D eigenvalue weighted by Gasteiger charge is -2.02. The standard InChI is InChI=1S/C14H14N2O/c1-2-9-15-16-14(17)13-8-7-11-5-3-4-6-12(11)10-13/h3-10H,2H2,1H3,(H,16,17). The third-order valence-corrected chi connectivity index (χ3v) is 2.45. The fourth-order valence-corrected chi connectivity index (χ4v) is 1.59. The highest BCUT2D eigenvalue weighted by Gasteiger charge is 2.04. The molecule has 2 aromatic carbocycles. The first-order valence-electron chi connectivity index (χ1n) is 5.62. The summed E-state index contributed by atoms with van der Waals surface area (Å²) in [5, 5.41) is 6.00. The lowest BCUT2D eigenvalue weighted by Crippen LogP contribution is -2.17. The van der Waals surface area contributed by atoms with E-state index in [9.17, 15) is 4.79 Å². The SMILES string of the molecule is CCC=NNC(=O)c1ccc2ccccc2c1. The van der Waals surface area contributed by atoms with Crippen molar-refractivity contribution in [2.24, 2.45) is 5.10 Å². The van der Waals surface area contributed by atoms with Crippen LogP contribution in [0, 0.1) is 0 Å². The first kappa shape index (κ1) is 11.3. The summed E-state index contributed by atoms with van der Waals surface area (Å²) in [6.45, 7) is 1.96. The Balaban J connectivity index is 2.24. The number of nitrogens with zero attached hydrogens (tertiary/aromatic N) is 1. The second-order valence-electron chi connectivity index (χ2n) is 3.72. The predicted molar refractivity (Wildman–Crippen MR) is 70.2 cm³/mol. The van der Waals surface area contributed by atoms with Crippen LogP contribution in [0.2, 0.25) is 0 Å². The number of carbonyl (C=O) groups excluding carboxylic acids is 1. The van der Waals surface area contributed by atoms with E-state index in [1.165, 1.54) is 0 Å². The molecule has 0 aliphatic heterocycles. The quantitative estimate of drug-likeness (QED) is 0.634. The highest BCUT2D eigenvalue weighted by molar-refractivity contribution is 5.98. The Bertz CT molecular complexity index is 561. The van der Waals surface area contributed by atoms with E-state index in [2.05, 4.69) is 10.5 Å². The van der Waals surface area contributed by atoms with E-state index in [4.69, 9.17) is 0 Å². The second kappa shape index (κ2) is 5.25. The number of carbonyl (C=O) groups is 1. The molecular weight excluding hydrogens is 212 g/mol. The van der Waals surface area contributed by atoms with Gasteiger partial charge in [0.2, 0.25) is 0 Å². The molecule has 86 valence electrons. The summed E-state index contributed by atoms with van der Waals surface area (Å²) in [6, 6.07) is 13.6. The molecule has 3 nitrogen and oxygen atoms in total. The Labute approximate surface area is 100 Å². The molecule has 0 fully saturated rings. The van der Waals surface area contributed by atoms with Gasteiger partial charge in [-0.05, 0) is 29.3 Å². The molecule has 0 unspecified atom stereocenters. The molecule has 17 heavy (non-hydrogen) atoms. The highest BCUT2D eigenvalue weighted by atomic mass is 16.2. The minimum absolute atomic E-state index is 0.180. The molecule has 0 aliphatic carbocycles. The zero-order valence-electron chi connectivity index (χ0n) is 9.68. The van der Waals surface area contributed by atoms with Crippen LogP contribution in [0.1, 0.15) is 23.7 Å². The maximum Gasteiger partial charge on any atom is 0.271 e. The second-order valence-corrected chi connectivity index (χ2v) is 3.72. The largest absolute Gasteiger partial charge is 0.271 e. The van der Waals surface area contributed by atoms with Gasteiger partial charge in [0.15, 0.2) is 0 Å². The average Bonchev–Trinajstić information content (AvgIpc) is 2.38. The minimum atomic E-state index is -0.180. The van der Waals surface area contributed by atoms with Crippen LogP contribution in [0.3, 0.4) is 0 Å². The van der Waals surface area contributed by atoms with E-state index in [0.717, 1.165) is 17.2 Å². The van der Waals surface area contributed by atoms with Crippen LogP contribution in [-0.2, 0) is 0 Å². The monoisotopic (exact) mass is 226 g/mol. The molecule has 0 bridgehead atoms. The van der Waals surface area contributed by atoms with E-state index in [1.807, 2.05) is 43.3 Å². The smallest absolute Gasteiger partial charge is 0.267 e. The van der Waals surface area contributed by atoms with Gasteiger partial charge in [0.25, 0.3) is 5.91 Å². The number of fused-ring (bicyclic) bond motifs is 1. The first-order valence-corrected chi connectivity index (χ1v) is 5.62. The van der Waals surface area contributed by atoms with E-state index < -0.39 is 0 Å². The van der Waals surface area contributed by atoms with E-state index in [1.54, 1.807) is 12.3 Å². The fraction of sp³-hybridized carbons (Fsp3) is 0.143. The Morgan fingerprint density at radius 2 is 2.00 bits per heavy atom. The predicted octanol–water partition coefficient (Wildman–Crippen LogP) is 2.97. The molecule has 0 saturated carbocycles. The molecule has 0 spiro atoms. The number of nitrogens with one attached hydrogen (secondary N) is 1. The third kappa shape index (κ3) is 2.69. The molecule has 2 rings (SSSR count). The molecule has 0 heterocycles. The van der Waals surface area contributed by atoms with Crippen LogP contribution in [0.25, 0.3) is 10.8 Å². The molecule has 3 heteroatoms. The third-order valence-electron chi connectivity index (χ3n) is 2.45. The van der Waals surface area contributed by atoms with Crippen LogP contribution in [0.15, 0.2) is 47.6 Å². The van der Waals surface area contributed by atoms with Gasteiger partial charge >= 0.3 is 0 Å². The molecule has 0 radical (unpaired) electrons. The van der Waals surface area contributed by atoms with Crippen LogP contribution in [-0.4, -0.2) is 12.1 Å². The summed E-state index contributed by atoms with van der Waals surface area (Å²) in [5.41, 5.74) is 3.12. The Morgan fingerprint density at radius 1 is 1.24 bits per heavy atom. The maximum absolute atomic E-state index is 11.7. The van der Waals surface area contributed by atoms with Crippen molar-refractivity contribution in [2.45, 2.75) is 13.3 Å². The van der Waals surface area contributed by atoms with Gasteiger partial charge in [0.05, 0.1) is 0 Å². The van der Waals surface area contributed by atoms with Crippen molar-refractivity contribution in [3.05, 3.63) is 48.0 Å². The molecule has 0 atom stereocenters. The summed E-state index contributed by atoms with van der Waals surface area (Å²) < 4.78 is 0. The number of hydrazone groups is 1. The van der Waals surface area contributed by atoms with Crippen LogP contribution < -0.4 is 5.43 Å². The van der Waals surface area contributed by atoms with Crippen LogP contribution in [0.5, 0.6) is 0 Å². The van der Waals surface area contributed by atoms with Gasteiger partial charge in [0.1, 0.15) is 0 Å². The number of amides is 1. The fourth-order valence-electron chi connectivity index (χ4n) is 1.59. The maximum atomic E-state index is 11.7. The summed E-state index contributed by atoms with van der Waals surface area (Å²) in [6.07, 6.45) is 2.47. The van der Waals surface area contributed by atoms with Gasteiger partial charge in [0, 0.05) is 11.8 Å². The van der Waals surface area contributed by atoms with Crippen LogP contribution >= 0.6 is 0 Å². The average molecular weight is 226 g/mol. The van der Waals surface area contributed by atoms with Gasteiger partial charge in [-0.25, -0.2) is 5.43 Å². The van der Waals surface area contributed by atoms with Crippen molar-refractivity contribution in [2.75, 3.05) is 0 Å². The van der Waals surface area contributed by atoms with E-state index in [0.29, 0.717) is 5.56 Å². The molecule has 0 aromatic heterocycles. The Morgan fingerprint density at radius 3 is 2.76 bits per heavy atom. The van der Waals surface area contributed by atoms with Crippen molar-refractivity contribution in [1.29, 1.82) is 0 Å². The summed E-state index contributed by atoms with van der Waals surface area (Å²) in [4.78, 5) is 11.7.